The van der Waals surface area contributed by atoms with Gasteiger partial charge in [-0.3, -0.25) is 13.9 Å². The molecule has 1 amide bonds. The Morgan fingerprint density at radius 1 is 1.22 bits per heavy atom. The molecule has 1 aromatic carbocycles. The summed E-state index contributed by atoms with van der Waals surface area (Å²) in [6.45, 7) is 2.50. The van der Waals surface area contributed by atoms with E-state index in [1.165, 1.54) is 23.0 Å². The lowest BCUT2D eigenvalue weighted by atomic mass is 10.1. The Morgan fingerprint density at radius 3 is 2.66 bits per heavy atom. The van der Waals surface area contributed by atoms with Crippen molar-refractivity contribution in [3.63, 3.8) is 0 Å². The van der Waals surface area contributed by atoms with E-state index in [1.807, 2.05) is 25.1 Å². The number of fused-ring (bicyclic) bond motifs is 3. The van der Waals surface area contributed by atoms with Crippen molar-refractivity contribution in [3.05, 3.63) is 52.2 Å². The van der Waals surface area contributed by atoms with E-state index in [9.17, 15) is 9.59 Å². The van der Waals surface area contributed by atoms with Crippen LogP contribution in [0, 0.1) is 0 Å². The van der Waals surface area contributed by atoms with E-state index in [-0.39, 0.29) is 11.7 Å². The van der Waals surface area contributed by atoms with Gasteiger partial charge in [-0.25, -0.2) is 14.8 Å². The molecule has 168 valence electrons. The number of nitrogens with two attached hydrogens (primary N) is 1. The van der Waals surface area contributed by atoms with Crippen LogP contribution in [-0.4, -0.2) is 31.1 Å². The molecule has 3 N–H and O–H groups in total. The molecule has 8 heteroatoms. The van der Waals surface area contributed by atoms with Gasteiger partial charge in [0, 0.05) is 18.5 Å². The number of hydrogen-bond donors (Lipinski definition) is 2. The predicted molar refractivity (Wildman–Crippen MR) is 123 cm³/mol. The monoisotopic (exact) mass is 434 g/mol. The van der Waals surface area contributed by atoms with Crippen molar-refractivity contribution in [1.29, 1.82) is 0 Å². The van der Waals surface area contributed by atoms with E-state index in [2.05, 4.69) is 17.4 Å². The van der Waals surface area contributed by atoms with E-state index in [0.29, 0.717) is 36.2 Å². The van der Waals surface area contributed by atoms with Gasteiger partial charge in [-0.2, -0.15) is 0 Å². The van der Waals surface area contributed by atoms with Crippen LogP contribution in [0.4, 0.5) is 5.82 Å². The molecule has 4 aliphatic rings. The maximum Gasteiger partial charge on any atom is 0.332 e. The molecule has 0 spiro atoms. The average Bonchev–Trinajstić information content (AvgIpc) is 3.53. The standard InChI is InChI=1S/C24H30N6O2/c1-2-8-18(20(25)31)30-23-19(27-21(28-23)16-11-6-7-12-16)22-26-17(14-29(22)24(30)32)13-15-9-4-3-5-10-15/h3-5,9-10,16-18,26H,2,6-8,11-14H2,1H3,(H2,25,31)/t17-,18?/m1/s1. The van der Waals surface area contributed by atoms with Gasteiger partial charge < -0.3 is 11.1 Å². The lowest BCUT2D eigenvalue weighted by Gasteiger charge is -2.20. The molecular weight excluding hydrogens is 404 g/mol. The maximum atomic E-state index is 13.6. The first-order valence-electron chi connectivity index (χ1n) is 11.7. The van der Waals surface area contributed by atoms with Crippen molar-refractivity contribution in [2.75, 3.05) is 5.32 Å². The molecule has 1 fully saturated rings. The van der Waals surface area contributed by atoms with E-state index in [0.717, 1.165) is 31.5 Å². The molecule has 2 atom stereocenters. The number of aromatic nitrogens is 4. The Morgan fingerprint density at radius 2 is 1.97 bits per heavy atom. The molecule has 5 rings (SSSR count). The van der Waals surface area contributed by atoms with Gasteiger partial charge in [0.2, 0.25) is 5.91 Å². The smallest absolute Gasteiger partial charge is 0.332 e. The topological polar surface area (TPSA) is 108 Å². The zero-order valence-corrected chi connectivity index (χ0v) is 18.5. The first-order chi connectivity index (χ1) is 15.6. The lowest BCUT2D eigenvalue weighted by molar-refractivity contribution is -0.121. The Bertz CT molecular complexity index is 1150. The van der Waals surface area contributed by atoms with Crippen LogP contribution in [-0.2, 0) is 17.8 Å². The number of nitrogens with zero attached hydrogens (tertiary/aromatic N) is 4. The van der Waals surface area contributed by atoms with Crippen LogP contribution in [0.25, 0.3) is 11.5 Å². The molecule has 0 radical (unpaired) electrons. The van der Waals surface area contributed by atoms with E-state index < -0.39 is 11.9 Å². The Balaban J connectivity index is 1.61. The largest absolute Gasteiger partial charge is 0.368 e. The fourth-order valence-electron chi connectivity index (χ4n) is 5.23. The minimum atomic E-state index is -0.728. The molecule has 1 unspecified atom stereocenters. The summed E-state index contributed by atoms with van der Waals surface area (Å²) in [5.41, 5.74) is 7.38. The molecule has 1 saturated carbocycles. The Hall–Kier alpha value is -3.16. The van der Waals surface area contributed by atoms with Crippen molar-refractivity contribution >= 4 is 11.7 Å². The number of nitrogens with one attached hydrogen (secondary N) is 1. The average molecular weight is 435 g/mol. The summed E-state index contributed by atoms with van der Waals surface area (Å²) in [5.74, 6) is 1.78. The molecule has 0 aromatic heterocycles. The first-order valence-corrected chi connectivity index (χ1v) is 11.7. The second-order valence-corrected chi connectivity index (χ2v) is 9.09. The Labute approximate surface area is 187 Å². The number of imidazole rings is 1. The van der Waals surface area contributed by atoms with E-state index >= 15 is 0 Å². The van der Waals surface area contributed by atoms with Crippen LogP contribution in [0.3, 0.4) is 0 Å². The van der Waals surface area contributed by atoms with Gasteiger partial charge in [0.1, 0.15) is 23.4 Å². The van der Waals surface area contributed by atoms with Gasteiger partial charge in [0.05, 0.1) is 0 Å². The van der Waals surface area contributed by atoms with Crippen LogP contribution < -0.4 is 16.7 Å². The Kier molecular flexibility index (Phi) is 5.45. The fraction of sp³-hybridized carbons (Fsp3) is 0.500. The van der Waals surface area contributed by atoms with Gasteiger partial charge in [-0.05, 0) is 31.2 Å². The van der Waals surface area contributed by atoms with Crippen LogP contribution in [0.2, 0.25) is 0 Å². The summed E-state index contributed by atoms with van der Waals surface area (Å²) < 4.78 is 3.22. The molecule has 0 saturated heterocycles. The van der Waals surface area contributed by atoms with Crippen LogP contribution in [0.1, 0.15) is 68.8 Å². The van der Waals surface area contributed by atoms with Crippen molar-refractivity contribution in [3.8, 4) is 11.5 Å². The number of benzene rings is 1. The maximum absolute atomic E-state index is 13.6. The zero-order chi connectivity index (χ0) is 22.2. The van der Waals surface area contributed by atoms with Crippen LogP contribution in [0.5, 0.6) is 0 Å². The second-order valence-electron chi connectivity index (χ2n) is 9.09. The third kappa shape index (κ3) is 3.57. The van der Waals surface area contributed by atoms with E-state index in [4.69, 9.17) is 15.7 Å². The quantitative estimate of drug-likeness (QED) is 0.594. The molecule has 32 heavy (non-hydrogen) atoms. The number of carbonyl (C=O) groups is 1. The van der Waals surface area contributed by atoms with Crippen molar-refractivity contribution in [2.24, 2.45) is 5.73 Å². The number of rotatable bonds is 7. The van der Waals surface area contributed by atoms with Gasteiger partial charge >= 0.3 is 5.69 Å². The summed E-state index contributed by atoms with van der Waals surface area (Å²) in [6, 6.07) is 9.56. The zero-order valence-electron chi connectivity index (χ0n) is 18.5. The van der Waals surface area contributed by atoms with Crippen molar-refractivity contribution in [2.45, 2.75) is 76.4 Å². The molecule has 3 aliphatic heterocycles. The third-order valence-electron chi connectivity index (χ3n) is 6.81. The number of carbonyl (C=O) groups excluding carboxylic acids is 1. The highest BCUT2D eigenvalue weighted by Gasteiger charge is 2.36. The third-order valence-corrected chi connectivity index (χ3v) is 6.81. The fourth-order valence-corrected chi connectivity index (χ4v) is 5.23. The molecule has 1 aromatic rings. The molecule has 8 nitrogen and oxygen atoms in total. The minimum absolute atomic E-state index is 0.0639. The summed E-state index contributed by atoms with van der Waals surface area (Å²) in [7, 11) is 0. The van der Waals surface area contributed by atoms with E-state index in [1.54, 1.807) is 4.57 Å². The van der Waals surface area contributed by atoms with Gasteiger partial charge in [-0.1, -0.05) is 56.5 Å². The van der Waals surface area contributed by atoms with Crippen LogP contribution in [0.15, 0.2) is 35.1 Å². The predicted octanol–water partition coefficient (Wildman–Crippen LogP) is 3.07. The first kappa shape index (κ1) is 20.7. The summed E-state index contributed by atoms with van der Waals surface area (Å²) in [6.07, 6.45) is 6.50. The highest BCUT2D eigenvalue weighted by molar-refractivity contribution is 5.80. The van der Waals surface area contributed by atoms with Gasteiger partial charge in [-0.15, -0.1) is 0 Å². The minimum Gasteiger partial charge on any atom is -0.368 e. The van der Waals surface area contributed by atoms with Crippen LogP contribution >= 0.6 is 0 Å². The lowest BCUT2D eigenvalue weighted by Crippen LogP contribution is -2.39. The summed E-state index contributed by atoms with van der Waals surface area (Å²) in [4.78, 5) is 35.7. The summed E-state index contributed by atoms with van der Waals surface area (Å²) in [5, 5.41) is 3.53. The molecule has 0 bridgehead atoms. The SMILES string of the molecule is CCCC(C(N)=O)n1c2nc(C3CCCC3)nc-2c2n(c1=O)C[C@@H](Cc1ccccc1)N2. The normalized spacial score (nSPS) is 19.2. The molecule has 3 heterocycles. The summed E-state index contributed by atoms with van der Waals surface area (Å²) >= 11 is 0. The van der Waals surface area contributed by atoms with Crippen molar-refractivity contribution in [1.82, 2.24) is 19.1 Å². The number of hydrogen-bond acceptors (Lipinski definition) is 5. The number of anilines is 1. The highest BCUT2D eigenvalue weighted by Crippen LogP contribution is 2.38. The molecular formula is C24H30N6O2. The van der Waals surface area contributed by atoms with Gasteiger partial charge in [0.15, 0.2) is 5.82 Å². The second kappa shape index (κ2) is 8.41. The van der Waals surface area contributed by atoms with Crippen molar-refractivity contribution < 1.29 is 4.79 Å². The highest BCUT2D eigenvalue weighted by atomic mass is 16.2. The number of primary amides is 1. The number of amides is 1. The molecule has 1 aliphatic carbocycles. The van der Waals surface area contributed by atoms with Gasteiger partial charge in [0.25, 0.3) is 0 Å².